The van der Waals surface area contributed by atoms with Crippen LogP contribution in [0.5, 0.6) is 0 Å². The molecule has 0 saturated heterocycles. The van der Waals surface area contributed by atoms with Crippen molar-refractivity contribution in [3.8, 4) is 0 Å². The molecule has 0 heterocycles. The average molecular weight is 157 g/mol. The second kappa shape index (κ2) is 2.94. The summed E-state index contributed by atoms with van der Waals surface area (Å²) in [5.41, 5.74) is 6.79. The Balaban J connectivity index is 2.70. The van der Waals surface area contributed by atoms with Gasteiger partial charge in [0.25, 0.3) is 0 Å². The van der Waals surface area contributed by atoms with E-state index in [9.17, 15) is 4.39 Å². The maximum atomic E-state index is 12.3. The topological polar surface area (TPSA) is 26.0 Å². The Kier molecular flexibility index (Phi) is 2.33. The standard InChI is InChI=1S/C9H16FN/c1-9(2)4-7(6-10)3-8(11)5-9/h3,8H,4-6,11H2,1-2H3. The van der Waals surface area contributed by atoms with E-state index >= 15 is 0 Å². The van der Waals surface area contributed by atoms with Gasteiger partial charge in [0.2, 0.25) is 0 Å². The summed E-state index contributed by atoms with van der Waals surface area (Å²) in [6.07, 6.45) is 3.69. The molecule has 2 N–H and O–H groups in total. The molecule has 1 aliphatic rings. The summed E-state index contributed by atoms with van der Waals surface area (Å²) < 4.78 is 12.3. The molecule has 0 radical (unpaired) electrons. The van der Waals surface area contributed by atoms with Gasteiger partial charge in [0, 0.05) is 6.04 Å². The summed E-state index contributed by atoms with van der Waals surface area (Å²) in [5.74, 6) is 0. The van der Waals surface area contributed by atoms with Crippen LogP contribution in [0.2, 0.25) is 0 Å². The molecule has 0 bridgehead atoms. The predicted octanol–water partition coefficient (Wildman–Crippen LogP) is 2.03. The maximum absolute atomic E-state index is 12.3. The van der Waals surface area contributed by atoms with E-state index in [0.29, 0.717) is 0 Å². The first-order valence-corrected chi connectivity index (χ1v) is 4.05. The zero-order chi connectivity index (χ0) is 8.48. The molecule has 0 fully saturated rings. The van der Waals surface area contributed by atoms with Gasteiger partial charge in [-0.3, -0.25) is 0 Å². The monoisotopic (exact) mass is 157 g/mol. The van der Waals surface area contributed by atoms with Crippen LogP contribution >= 0.6 is 0 Å². The molecule has 11 heavy (non-hydrogen) atoms. The third kappa shape index (κ3) is 2.29. The van der Waals surface area contributed by atoms with Gasteiger partial charge in [-0.2, -0.15) is 0 Å². The van der Waals surface area contributed by atoms with Gasteiger partial charge in [-0.05, 0) is 23.8 Å². The smallest absolute Gasteiger partial charge is 0.111 e. The van der Waals surface area contributed by atoms with E-state index in [1.807, 2.05) is 6.08 Å². The molecule has 0 amide bonds. The molecule has 2 heteroatoms. The Morgan fingerprint density at radius 3 is 2.82 bits per heavy atom. The second-order valence-corrected chi connectivity index (χ2v) is 4.17. The van der Waals surface area contributed by atoms with E-state index in [1.54, 1.807) is 0 Å². The minimum Gasteiger partial charge on any atom is -0.324 e. The third-order valence-corrected chi connectivity index (χ3v) is 2.12. The lowest BCUT2D eigenvalue weighted by Gasteiger charge is -2.32. The molecular weight excluding hydrogens is 141 g/mol. The van der Waals surface area contributed by atoms with Crippen LogP contribution in [0.25, 0.3) is 0 Å². The predicted molar refractivity (Wildman–Crippen MR) is 45.0 cm³/mol. The maximum Gasteiger partial charge on any atom is 0.111 e. The number of hydrogen-bond donors (Lipinski definition) is 1. The Labute approximate surface area is 67.5 Å². The van der Waals surface area contributed by atoms with Crippen molar-refractivity contribution in [1.82, 2.24) is 0 Å². The van der Waals surface area contributed by atoms with Crippen LogP contribution in [0.15, 0.2) is 11.6 Å². The summed E-state index contributed by atoms with van der Waals surface area (Å²) in [4.78, 5) is 0. The fourth-order valence-corrected chi connectivity index (χ4v) is 1.84. The highest BCUT2D eigenvalue weighted by molar-refractivity contribution is 5.14. The van der Waals surface area contributed by atoms with Gasteiger partial charge < -0.3 is 5.73 Å². The van der Waals surface area contributed by atoms with E-state index in [0.717, 1.165) is 18.4 Å². The van der Waals surface area contributed by atoms with Gasteiger partial charge in [-0.25, -0.2) is 4.39 Å². The Morgan fingerprint density at radius 1 is 1.73 bits per heavy atom. The third-order valence-electron chi connectivity index (χ3n) is 2.12. The highest BCUT2D eigenvalue weighted by atomic mass is 19.1. The Bertz CT molecular complexity index is 172. The van der Waals surface area contributed by atoms with Crippen molar-refractivity contribution in [3.63, 3.8) is 0 Å². The van der Waals surface area contributed by atoms with E-state index in [-0.39, 0.29) is 18.1 Å². The highest BCUT2D eigenvalue weighted by Gasteiger charge is 2.26. The van der Waals surface area contributed by atoms with E-state index in [2.05, 4.69) is 13.8 Å². The van der Waals surface area contributed by atoms with Crippen LogP contribution in [-0.4, -0.2) is 12.7 Å². The number of allylic oxidation sites excluding steroid dienone is 1. The van der Waals surface area contributed by atoms with Crippen LogP contribution in [0.4, 0.5) is 4.39 Å². The van der Waals surface area contributed by atoms with Gasteiger partial charge in [-0.15, -0.1) is 0 Å². The number of nitrogens with two attached hydrogens (primary N) is 1. The van der Waals surface area contributed by atoms with Crippen molar-refractivity contribution in [1.29, 1.82) is 0 Å². The van der Waals surface area contributed by atoms with Crippen molar-refractivity contribution < 1.29 is 4.39 Å². The molecule has 1 atom stereocenters. The summed E-state index contributed by atoms with van der Waals surface area (Å²) in [7, 11) is 0. The molecule has 1 aliphatic carbocycles. The first kappa shape index (κ1) is 8.72. The molecule has 0 aromatic heterocycles. The van der Waals surface area contributed by atoms with Gasteiger partial charge >= 0.3 is 0 Å². The molecule has 1 unspecified atom stereocenters. The van der Waals surface area contributed by atoms with Crippen molar-refractivity contribution in [3.05, 3.63) is 11.6 Å². The van der Waals surface area contributed by atoms with Crippen LogP contribution in [-0.2, 0) is 0 Å². The zero-order valence-electron chi connectivity index (χ0n) is 7.23. The fraction of sp³-hybridized carbons (Fsp3) is 0.778. The minimum atomic E-state index is -0.336. The molecule has 0 aliphatic heterocycles. The largest absolute Gasteiger partial charge is 0.324 e. The number of alkyl halides is 1. The average Bonchev–Trinajstić information content (AvgIpc) is 1.83. The van der Waals surface area contributed by atoms with Gasteiger partial charge in [-0.1, -0.05) is 19.9 Å². The SMILES string of the molecule is CC1(C)CC(CF)=CC(N)C1. The van der Waals surface area contributed by atoms with Crippen molar-refractivity contribution >= 4 is 0 Å². The summed E-state index contributed by atoms with van der Waals surface area (Å²) in [6.45, 7) is 3.93. The highest BCUT2D eigenvalue weighted by Crippen LogP contribution is 2.34. The Morgan fingerprint density at radius 2 is 2.36 bits per heavy atom. The quantitative estimate of drug-likeness (QED) is 0.579. The lowest BCUT2D eigenvalue weighted by atomic mass is 9.76. The summed E-state index contributed by atoms with van der Waals surface area (Å²) in [6, 6.07) is 0.0597. The Hall–Kier alpha value is -0.370. The summed E-state index contributed by atoms with van der Waals surface area (Å²) >= 11 is 0. The first-order chi connectivity index (χ1) is 5.03. The van der Waals surface area contributed by atoms with Crippen molar-refractivity contribution in [2.24, 2.45) is 11.1 Å². The molecule has 0 spiro atoms. The normalized spacial score (nSPS) is 29.8. The van der Waals surface area contributed by atoms with Crippen molar-refractivity contribution in [2.45, 2.75) is 32.7 Å². The van der Waals surface area contributed by atoms with Gasteiger partial charge in [0.1, 0.15) is 6.67 Å². The molecule has 0 saturated carbocycles. The van der Waals surface area contributed by atoms with E-state index in [4.69, 9.17) is 5.73 Å². The molecule has 0 aromatic rings. The molecule has 1 rings (SSSR count). The lowest BCUT2D eigenvalue weighted by Crippen LogP contribution is -2.31. The van der Waals surface area contributed by atoms with Crippen molar-refractivity contribution in [2.75, 3.05) is 6.67 Å². The second-order valence-electron chi connectivity index (χ2n) is 4.17. The minimum absolute atomic E-state index is 0.0597. The lowest BCUT2D eigenvalue weighted by molar-refractivity contribution is 0.291. The number of hydrogen-bond acceptors (Lipinski definition) is 1. The first-order valence-electron chi connectivity index (χ1n) is 4.05. The number of halogens is 1. The molecular formula is C9H16FN. The molecule has 64 valence electrons. The fourth-order valence-electron chi connectivity index (χ4n) is 1.84. The summed E-state index contributed by atoms with van der Waals surface area (Å²) in [5, 5.41) is 0. The van der Waals surface area contributed by atoms with E-state index < -0.39 is 0 Å². The van der Waals surface area contributed by atoms with Crippen LogP contribution < -0.4 is 5.73 Å². The van der Waals surface area contributed by atoms with E-state index in [1.165, 1.54) is 0 Å². The molecule has 1 nitrogen and oxygen atoms in total. The molecule has 0 aromatic carbocycles. The van der Waals surface area contributed by atoms with Crippen LogP contribution in [0.1, 0.15) is 26.7 Å². The van der Waals surface area contributed by atoms with Gasteiger partial charge in [0.15, 0.2) is 0 Å². The number of rotatable bonds is 1. The van der Waals surface area contributed by atoms with Crippen LogP contribution in [0, 0.1) is 5.41 Å². The van der Waals surface area contributed by atoms with Gasteiger partial charge in [0.05, 0.1) is 0 Å². The van der Waals surface area contributed by atoms with Crippen LogP contribution in [0.3, 0.4) is 0 Å². The zero-order valence-corrected chi connectivity index (χ0v) is 7.23.